The summed E-state index contributed by atoms with van der Waals surface area (Å²) in [5, 5.41) is 1.82. The topological polar surface area (TPSA) is 90.4 Å². The van der Waals surface area contributed by atoms with E-state index in [2.05, 4.69) is 14.7 Å². The molecule has 0 saturated heterocycles. The maximum Gasteiger partial charge on any atom is 0.265 e. The molecule has 1 aliphatic heterocycles. The number of aryl methyl sites for hydroxylation is 2. The Morgan fingerprint density at radius 1 is 1.00 bits per heavy atom. The van der Waals surface area contributed by atoms with E-state index < -0.39 is 10.0 Å². The molecule has 0 radical (unpaired) electrons. The number of aromatic nitrogens is 2. The predicted octanol–water partition coefficient (Wildman–Crippen LogP) is 6.38. The highest BCUT2D eigenvalue weighted by Crippen LogP contribution is 2.40. The van der Waals surface area contributed by atoms with Crippen molar-refractivity contribution >= 4 is 61.8 Å². The van der Waals surface area contributed by atoms with Gasteiger partial charge in [-0.15, -0.1) is 11.8 Å². The summed E-state index contributed by atoms with van der Waals surface area (Å²) in [6.07, 6.45) is 0. The zero-order valence-corrected chi connectivity index (χ0v) is 21.8. The number of thioether (sulfide) groups is 1. The second-order valence-electron chi connectivity index (χ2n) is 7.89. The van der Waals surface area contributed by atoms with Gasteiger partial charge in [-0.3, -0.25) is 0 Å². The summed E-state index contributed by atoms with van der Waals surface area (Å²) in [6, 6.07) is 14.1. The Hall–Kier alpha value is -2.72. The first-order valence-electron chi connectivity index (χ1n) is 10.5. The van der Waals surface area contributed by atoms with Crippen LogP contribution >= 0.6 is 35.0 Å². The van der Waals surface area contributed by atoms with Crippen LogP contribution in [0.5, 0.6) is 11.5 Å². The zero-order valence-electron chi connectivity index (χ0n) is 18.6. The first-order chi connectivity index (χ1) is 16.7. The Bertz CT molecular complexity index is 1580. The first-order valence-corrected chi connectivity index (χ1v) is 13.7. The van der Waals surface area contributed by atoms with Crippen LogP contribution in [0, 0.1) is 13.8 Å². The molecule has 0 spiro atoms. The number of benzene rings is 3. The summed E-state index contributed by atoms with van der Waals surface area (Å²) in [5.41, 5.74) is 2.74. The number of ether oxygens (including phenoxy) is 2. The van der Waals surface area contributed by atoms with Gasteiger partial charge >= 0.3 is 0 Å². The van der Waals surface area contributed by atoms with E-state index in [9.17, 15) is 8.42 Å². The minimum Gasteiger partial charge on any atom is -0.454 e. The third-order valence-corrected chi connectivity index (χ3v) is 8.82. The molecule has 5 rings (SSSR count). The van der Waals surface area contributed by atoms with Gasteiger partial charge in [-0.2, -0.15) is 0 Å². The number of nitrogens with one attached hydrogen (secondary N) is 1. The van der Waals surface area contributed by atoms with Crippen LogP contribution in [0.25, 0.3) is 10.9 Å². The number of anilines is 1. The summed E-state index contributed by atoms with van der Waals surface area (Å²) < 4.78 is 40.2. The van der Waals surface area contributed by atoms with E-state index in [1.807, 2.05) is 31.2 Å². The van der Waals surface area contributed by atoms with Crippen LogP contribution in [0.15, 0.2) is 58.3 Å². The molecule has 0 bridgehead atoms. The maximum atomic E-state index is 13.5. The molecule has 35 heavy (non-hydrogen) atoms. The number of hydrogen-bond donors (Lipinski definition) is 1. The molecule has 1 aromatic heterocycles. The largest absolute Gasteiger partial charge is 0.454 e. The zero-order chi connectivity index (χ0) is 24.7. The molecular formula is C24H19Cl2N3O4S2. The highest BCUT2D eigenvalue weighted by Gasteiger charge is 2.23. The summed E-state index contributed by atoms with van der Waals surface area (Å²) in [7, 11) is -4.02. The van der Waals surface area contributed by atoms with Crippen molar-refractivity contribution < 1.29 is 17.9 Å². The molecule has 0 aliphatic carbocycles. The standard InChI is InChI=1S/C24H19Cl2N3O4S2/c1-13-7-23(35(30,31)29-24-27-14(2)16-5-3-4-6-19(16)28-24)22(10-17(13)25)34-11-15-8-20-21(9-18(15)26)33-12-32-20/h3-10H,11-12H2,1-2H3,(H,27,28,29). The average Bonchev–Trinajstić information content (AvgIpc) is 3.26. The molecule has 4 aromatic rings. The molecule has 0 fully saturated rings. The van der Waals surface area contributed by atoms with Crippen molar-refractivity contribution in [3.63, 3.8) is 0 Å². The molecule has 1 N–H and O–H groups in total. The summed E-state index contributed by atoms with van der Waals surface area (Å²) in [6.45, 7) is 3.70. The lowest BCUT2D eigenvalue weighted by Gasteiger charge is -2.14. The van der Waals surface area contributed by atoms with Crippen LogP contribution in [0.1, 0.15) is 16.8 Å². The monoisotopic (exact) mass is 547 g/mol. The quantitative estimate of drug-likeness (QED) is 0.280. The third-order valence-electron chi connectivity index (χ3n) is 5.46. The Morgan fingerprint density at radius 2 is 1.74 bits per heavy atom. The Balaban J connectivity index is 1.47. The summed E-state index contributed by atoms with van der Waals surface area (Å²) >= 11 is 14.1. The second-order valence-corrected chi connectivity index (χ2v) is 11.4. The first kappa shape index (κ1) is 24.0. The van der Waals surface area contributed by atoms with E-state index in [1.165, 1.54) is 11.8 Å². The van der Waals surface area contributed by atoms with Gasteiger partial charge in [-0.1, -0.05) is 41.4 Å². The minimum absolute atomic E-state index is 0.00330. The van der Waals surface area contributed by atoms with Crippen LogP contribution in [0.2, 0.25) is 10.0 Å². The smallest absolute Gasteiger partial charge is 0.265 e. The third kappa shape index (κ3) is 4.86. The van der Waals surface area contributed by atoms with Gasteiger partial charge in [0.25, 0.3) is 10.0 Å². The fourth-order valence-electron chi connectivity index (χ4n) is 3.64. The van der Waals surface area contributed by atoms with Crippen molar-refractivity contribution in [2.45, 2.75) is 29.4 Å². The summed E-state index contributed by atoms with van der Waals surface area (Å²) in [4.78, 5) is 9.27. The fraction of sp³-hybridized carbons (Fsp3) is 0.167. The number of hydrogen-bond acceptors (Lipinski definition) is 7. The second kappa shape index (κ2) is 9.39. The van der Waals surface area contributed by atoms with E-state index in [-0.39, 0.29) is 17.6 Å². The van der Waals surface area contributed by atoms with E-state index in [0.29, 0.717) is 49.0 Å². The van der Waals surface area contributed by atoms with Gasteiger partial charge in [0, 0.05) is 32.1 Å². The van der Waals surface area contributed by atoms with Gasteiger partial charge in [-0.25, -0.2) is 23.1 Å². The molecule has 0 amide bonds. The minimum atomic E-state index is -4.02. The number of nitrogens with zero attached hydrogens (tertiary/aromatic N) is 2. The van der Waals surface area contributed by atoms with Gasteiger partial charge in [0.05, 0.1) is 11.2 Å². The Kier molecular flexibility index (Phi) is 6.43. The van der Waals surface area contributed by atoms with Crippen molar-refractivity contribution in [1.29, 1.82) is 0 Å². The number of rotatable bonds is 6. The normalized spacial score (nSPS) is 12.8. The lowest BCUT2D eigenvalue weighted by atomic mass is 10.2. The van der Waals surface area contributed by atoms with E-state index in [1.54, 1.807) is 31.2 Å². The number of para-hydroxylation sites is 1. The molecule has 0 saturated carbocycles. The lowest BCUT2D eigenvalue weighted by molar-refractivity contribution is 0.174. The Morgan fingerprint density at radius 3 is 2.54 bits per heavy atom. The molecule has 11 heteroatoms. The SMILES string of the molecule is Cc1cc(S(=O)(=O)Nc2nc(C)c3ccccc3n2)c(SCc2cc3c(cc2Cl)OCO3)cc1Cl. The number of halogens is 2. The van der Waals surface area contributed by atoms with Crippen LogP contribution in [-0.2, 0) is 15.8 Å². The summed E-state index contributed by atoms with van der Waals surface area (Å²) in [5.74, 6) is 1.58. The van der Waals surface area contributed by atoms with Crippen LogP contribution in [-0.4, -0.2) is 25.2 Å². The van der Waals surface area contributed by atoms with Crippen LogP contribution in [0.4, 0.5) is 5.95 Å². The highest BCUT2D eigenvalue weighted by molar-refractivity contribution is 7.99. The molecule has 0 atom stereocenters. The van der Waals surface area contributed by atoms with Gasteiger partial charge in [-0.05, 0) is 49.2 Å². The average molecular weight is 548 g/mol. The van der Waals surface area contributed by atoms with Gasteiger partial charge in [0.15, 0.2) is 11.5 Å². The molecule has 180 valence electrons. The van der Waals surface area contributed by atoms with Crippen molar-refractivity contribution in [2.24, 2.45) is 0 Å². The highest BCUT2D eigenvalue weighted by atomic mass is 35.5. The molecule has 7 nitrogen and oxygen atoms in total. The van der Waals surface area contributed by atoms with E-state index in [4.69, 9.17) is 32.7 Å². The predicted molar refractivity (Wildman–Crippen MR) is 138 cm³/mol. The molecule has 2 heterocycles. The van der Waals surface area contributed by atoms with E-state index in [0.717, 1.165) is 10.9 Å². The number of fused-ring (bicyclic) bond motifs is 2. The maximum absolute atomic E-state index is 13.5. The molecule has 1 aliphatic rings. The van der Waals surface area contributed by atoms with Crippen LogP contribution < -0.4 is 14.2 Å². The van der Waals surface area contributed by atoms with Crippen LogP contribution in [0.3, 0.4) is 0 Å². The molecular weight excluding hydrogens is 529 g/mol. The van der Waals surface area contributed by atoms with Crippen molar-refractivity contribution in [3.8, 4) is 11.5 Å². The lowest BCUT2D eigenvalue weighted by Crippen LogP contribution is -2.16. The van der Waals surface area contributed by atoms with Crippen molar-refractivity contribution in [2.75, 3.05) is 11.5 Å². The van der Waals surface area contributed by atoms with Gasteiger partial charge in [0.1, 0.15) is 4.90 Å². The Labute approximate surface area is 216 Å². The van der Waals surface area contributed by atoms with Crippen molar-refractivity contribution in [3.05, 3.63) is 75.4 Å². The fourth-order valence-corrected chi connectivity index (χ4v) is 6.72. The number of sulfonamides is 1. The van der Waals surface area contributed by atoms with E-state index >= 15 is 0 Å². The van der Waals surface area contributed by atoms with Gasteiger partial charge < -0.3 is 9.47 Å². The molecule has 0 unspecified atom stereocenters. The van der Waals surface area contributed by atoms with Gasteiger partial charge in [0.2, 0.25) is 12.7 Å². The van der Waals surface area contributed by atoms with Crippen molar-refractivity contribution in [1.82, 2.24) is 9.97 Å². The molecule has 3 aromatic carbocycles.